The van der Waals surface area contributed by atoms with Gasteiger partial charge in [0.25, 0.3) is 11.8 Å². The molecule has 0 saturated carbocycles. The molecule has 12 nitrogen and oxygen atoms in total. The number of carbonyl (C=O) groups is 3. The second-order valence-electron chi connectivity index (χ2n) is 7.83. The molecule has 13 heteroatoms. The molecule has 33 heavy (non-hydrogen) atoms. The van der Waals surface area contributed by atoms with Crippen LogP contribution in [0.3, 0.4) is 0 Å². The third kappa shape index (κ3) is 4.51. The first-order chi connectivity index (χ1) is 15.7. The van der Waals surface area contributed by atoms with Crippen LogP contribution in [0.1, 0.15) is 44.0 Å². The van der Waals surface area contributed by atoms with Crippen LogP contribution in [0.25, 0.3) is 0 Å². The number of aromatic carboxylic acids is 1. The number of amides is 2. The molecule has 1 aromatic heterocycles. The van der Waals surface area contributed by atoms with Crippen molar-refractivity contribution >= 4 is 47.0 Å². The number of aromatic nitrogens is 2. The molecule has 2 aliphatic heterocycles. The number of hydrogen-bond acceptors (Lipinski definition) is 9. The van der Waals surface area contributed by atoms with Crippen LogP contribution >= 0.6 is 11.6 Å². The van der Waals surface area contributed by atoms with E-state index in [1.54, 1.807) is 4.90 Å². The maximum atomic E-state index is 12.8. The van der Waals surface area contributed by atoms with E-state index in [1.165, 1.54) is 24.3 Å². The lowest BCUT2D eigenvalue weighted by Crippen LogP contribution is -2.57. The number of nitrogen functional groups attached to an aromatic ring is 2. The number of anilines is 2. The van der Waals surface area contributed by atoms with Crippen molar-refractivity contribution in [3.63, 3.8) is 0 Å². The Morgan fingerprint density at radius 3 is 2.33 bits per heavy atom. The van der Waals surface area contributed by atoms with E-state index in [0.717, 1.165) is 0 Å². The number of aliphatic imine (C=N–C) groups is 1. The minimum absolute atomic E-state index is 0.0693. The van der Waals surface area contributed by atoms with E-state index in [2.05, 4.69) is 25.6 Å². The van der Waals surface area contributed by atoms with Crippen LogP contribution in [0.15, 0.2) is 29.3 Å². The second kappa shape index (κ2) is 8.54. The van der Waals surface area contributed by atoms with E-state index in [1.807, 2.05) is 0 Å². The van der Waals surface area contributed by atoms with E-state index in [0.29, 0.717) is 38.0 Å². The highest BCUT2D eigenvalue weighted by Crippen LogP contribution is 2.27. The standard InChI is InChI=1S/C20H21ClN8O4/c21-13-15(23)26-14(22)12(25-13)16(30)27-19-24-9-20(28-19)5-7-29(8-6-20)17(31)10-1-3-11(4-2-10)18(32)33/h1-4H,5-9H2,(H,32,33)(H4,22,23,26)(H2,24,27,28,30). The van der Waals surface area contributed by atoms with Crippen molar-refractivity contribution in [2.45, 2.75) is 18.4 Å². The summed E-state index contributed by atoms with van der Waals surface area (Å²) in [6.45, 7) is 1.39. The minimum Gasteiger partial charge on any atom is -0.478 e. The van der Waals surface area contributed by atoms with Crippen LogP contribution in [-0.2, 0) is 0 Å². The lowest BCUT2D eigenvalue weighted by atomic mass is 9.88. The number of nitrogens with one attached hydrogen (secondary N) is 2. The lowest BCUT2D eigenvalue weighted by molar-refractivity contribution is 0.0662. The normalized spacial score (nSPS) is 16.8. The number of carbonyl (C=O) groups excluding carboxylic acids is 2. The third-order valence-electron chi connectivity index (χ3n) is 5.66. The van der Waals surface area contributed by atoms with Gasteiger partial charge in [-0.25, -0.2) is 14.8 Å². The Kier molecular flexibility index (Phi) is 5.77. The highest BCUT2D eigenvalue weighted by Gasteiger charge is 2.40. The molecule has 0 bridgehead atoms. The number of nitrogens with two attached hydrogens (primary N) is 2. The Balaban J connectivity index is 1.34. The predicted octanol–water partition coefficient (Wildman–Crippen LogP) is 0.357. The fraction of sp³-hybridized carbons (Fsp3) is 0.300. The number of likely N-dealkylation sites (tertiary alicyclic amines) is 1. The number of carboxylic acids is 1. The summed E-state index contributed by atoms with van der Waals surface area (Å²) in [5.41, 5.74) is 11.3. The van der Waals surface area contributed by atoms with Gasteiger partial charge in [-0.2, -0.15) is 0 Å². The Hall–Kier alpha value is -3.93. The zero-order valence-corrected chi connectivity index (χ0v) is 18.1. The maximum absolute atomic E-state index is 12.8. The summed E-state index contributed by atoms with van der Waals surface area (Å²) in [7, 11) is 0. The SMILES string of the molecule is Nc1nc(N)c(C(=O)NC2=NCC3(CCN(C(=O)c4ccc(C(=O)O)cc4)CC3)N2)nc1Cl. The quantitative estimate of drug-likeness (QED) is 0.419. The monoisotopic (exact) mass is 472 g/mol. The van der Waals surface area contributed by atoms with E-state index in [4.69, 9.17) is 28.2 Å². The molecule has 7 N–H and O–H groups in total. The van der Waals surface area contributed by atoms with E-state index >= 15 is 0 Å². The van der Waals surface area contributed by atoms with Crippen LogP contribution in [0, 0.1) is 0 Å². The summed E-state index contributed by atoms with van der Waals surface area (Å²) >= 11 is 5.83. The molecular weight excluding hydrogens is 452 g/mol. The molecule has 2 aromatic rings. The van der Waals surface area contributed by atoms with Gasteiger partial charge in [-0.15, -0.1) is 0 Å². The Bertz CT molecular complexity index is 1160. The zero-order chi connectivity index (χ0) is 23.8. The van der Waals surface area contributed by atoms with E-state index in [-0.39, 0.29) is 45.5 Å². The molecule has 2 amide bonds. The van der Waals surface area contributed by atoms with Gasteiger partial charge in [0.15, 0.2) is 28.4 Å². The molecule has 3 heterocycles. The predicted molar refractivity (Wildman–Crippen MR) is 120 cm³/mol. The summed E-state index contributed by atoms with van der Waals surface area (Å²) in [5, 5.41) is 14.7. The first-order valence-electron chi connectivity index (χ1n) is 10.0. The van der Waals surface area contributed by atoms with Crippen molar-refractivity contribution in [1.82, 2.24) is 25.5 Å². The van der Waals surface area contributed by atoms with Crippen molar-refractivity contribution in [2.24, 2.45) is 4.99 Å². The van der Waals surface area contributed by atoms with Crippen LogP contribution < -0.4 is 22.1 Å². The highest BCUT2D eigenvalue weighted by atomic mass is 35.5. The van der Waals surface area contributed by atoms with Crippen molar-refractivity contribution in [3.05, 3.63) is 46.2 Å². The lowest BCUT2D eigenvalue weighted by Gasteiger charge is -2.39. The Morgan fingerprint density at radius 1 is 1.06 bits per heavy atom. The molecule has 172 valence electrons. The van der Waals surface area contributed by atoms with Crippen molar-refractivity contribution in [2.75, 3.05) is 31.1 Å². The topological polar surface area (TPSA) is 189 Å². The van der Waals surface area contributed by atoms with Gasteiger partial charge in [0.05, 0.1) is 17.6 Å². The van der Waals surface area contributed by atoms with Gasteiger partial charge in [-0.05, 0) is 37.1 Å². The molecule has 0 atom stereocenters. The number of halogens is 1. The summed E-state index contributed by atoms with van der Waals surface area (Å²) in [4.78, 5) is 50.0. The van der Waals surface area contributed by atoms with Gasteiger partial charge in [-0.3, -0.25) is 19.9 Å². The van der Waals surface area contributed by atoms with Crippen molar-refractivity contribution < 1.29 is 19.5 Å². The molecule has 1 saturated heterocycles. The largest absolute Gasteiger partial charge is 0.478 e. The first-order valence-corrected chi connectivity index (χ1v) is 10.4. The number of carboxylic acid groups (broad SMARTS) is 1. The van der Waals surface area contributed by atoms with Crippen LogP contribution in [-0.4, -0.2) is 68.9 Å². The maximum Gasteiger partial charge on any atom is 0.335 e. The summed E-state index contributed by atoms with van der Waals surface area (Å²) in [6.07, 6.45) is 1.23. The number of hydrogen-bond donors (Lipinski definition) is 5. The first kappa shape index (κ1) is 22.3. The second-order valence-corrected chi connectivity index (χ2v) is 8.19. The zero-order valence-electron chi connectivity index (χ0n) is 17.3. The fourth-order valence-electron chi connectivity index (χ4n) is 3.77. The number of benzene rings is 1. The van der Waals surface area contributed by atoms with Crippen molar-refractivity contribution in [1.29, 1.82) is 0 Å². The molecule has 1 aromatic carbocycles. The van der Waals surface area contributed by atoms with Gasteiger partial charge < -0.3 is 26.8 Å². The Labute approximate surface area is 193 Å². The number of rotatable bonds is 3. The molecule has 0 radical (unpaired) electrons. The molecule has 0 aliphatic carbocycles. The molecule has 0 unspecified atom stereocenters. The van der Waals surface area contributed by atoms with Crippen LogP contribution in [0.4, 0.5) is 11.6 Å². The third-order valence-corrected chi connectivity index (χ3v) is 5.94. The molecule has 4 rings (SSSR count). The number of guanidine groups is 1. The van der Waals surface area contributed by atoms with Gasteiger partial charge in [0.1, 0.15) is 0 Å². The van der Waals surface area contributed by atoms with Gasteiger partial charge in [0.2, 0.25) is 0 Å². The fourth-order valence-corrected chi connectivity index (χ4v) is 3.89. The smallest absolute Gasteiger partial charge is 0.335 e. The summed E-state index contributed by atoms with van der Waals surface area (Å²) in [6, 6.07) is 5.85. The molecule has 2 aliphatic rings. The molecular formula is C20H21ClN8O4. The average Bonchev–Trinajstić information content (AvgIpc) is 3.18. The van der Waals surface area contributed by atoms with Gasteiger partial charge in [0, 0.05) is 18.7 Å². The molecule has 1 fully saturated rings. The van der Waals surface area contributed by atoms with Gasteiger partial charge >= 0.3 is 5.97 Å². The van der Waals surface area contributed by atoms with E-state index in [9.17, 15) is 14.4 Å². The minimum atomic E-state index is -1.04. The highest BCUT2D eigenvalue weighted by molar-refractivity contribution is 6.31. The van der Waals surface area contributed by atoms with Crippen LogP contribution in [0.5, 0.6) is 0 Å². The van der Waals surface area contributed by atoms with Gasteiger partial charge in [-0.1, -0.05) is 11.6 Å². The Morgan fingerprint density at radius 2 is 1.70 bits per heavy atom. The summed E-state index contributed by atoms with van der Waals surface area (Å²) in [5.74, 6) is -1.77. The molecule has 1 spiro atoms. The van der Waals surface area contributed by atoms with Crippen LogP contribution in [0.2, 0.25) is 5.15 Å². The average molecular weight is 473 g/mol. The summed E-state index contributed by atoms with van der Waals surface area (Å²) < 4.78 is 0. The van der Waals surface area contributed by atoms with Crippen molar-refractivity contribution in [3.8, 4) is 0 Å². The van der Waals surface area contributed by atoms with E-state index < -0.39 is 11.9 Å². The number of nitrogens with zero attached hydrogens (tertiary/aromatic N) is 4. The number of piperidine rings is 1.